The number of pyridine rings is 1. The number of aromatic nitrogens is 1. The van der Waals surface area contributed by atoms with E-state index in [4.69, 9.17) is 0 Å². The standard InChI is InChI=1S/C17H18N2O/c1-11-5-6-13-7-8-16(15(13)10-11)19-17(20)14-4-3-9-18-12(14)2/h3-6,9-10,16H,7-8H2,1-2H3,(H,19,20)/t16-/m1/s1. The van der Waals surface area contributed by atoms with E-state index in [9.17, 15) is 4.79 Å². The van der Waals surface area contributed by atoms with Crippen LogP contribution < -0.4 is 5.32 Å². The minimum absolute atomic E-state index is 0.0324. The molecule has 1 aliphatic carbocycles. The molecule has 1 aromatic carbocycles. The van der Waals surface area contributed by atoms with Gasteiger partial charge in [-0.1, -0.05) is 23.8 Å². The number of nitrogens with one attached hydrogen (secondary N) is 1. The number of carbonyl (C=O) groups is 1. The number of aryl methyl sites for hydroxylation is 3. The van der Waals surface area contributed by atoms with Crippen LogP contribution in [0.1, 0.15) is 45.2 Å². The van der Waals surface area contributed by atoms with E-state index in [0.29, 0.717) is 5.56 Å². The Kier molecular flexibility index (Phi) is 3.26. The van der Waals surface area contributed by atoms with Gasteiger partial charge in [0.2, 0.25) is 0 Å². The third-order valence-electron chi connectivity index (χ3n) is 3.94. The molecule has 20 heavy (non-hydrogen) atoms. The summed E-state index contributed by atoms with van der Waals surface area (Å²) in [5.41, 5.74) is 5.28. The zero-order valence-corrected chi connectivity index (χ0v) is 11.8. The Labute approximate surface area is 119 Å². The Hall–Kier alpha value is -2.16. The molecule has 0 saturated carbocycles. The van der Waals surface area contributed by atoms with Gasteiger partial charge >= 0.3 is 0 Å². The van der Waals surface area contributed by atoms with Crippen molar-refractivity contribution in [2.24, 2.45) is 0 Å². The average molecular weight is 266 g/mol. The zero-order valence-electron chi connectivity index (χ0n) is 11.8. The normalized spacial score (nSPS) is 16.8. The van der Waals surface area contributed by atoms with Crippen LogP contribution in [0.4, 0.5) is 0 Å². The van der Waals surface area contributed by atoms with Crippen molar-refractivity contribution in [3.63, 3.8) is 0 Å². The van der Waals surface area contributed by atoms with Crippen LogP contribution in [0, 0.1) is 13.8 Å². The predicted molar refractivity (Wildman–Crippen MR) is 78.7 cm³/mol. The van der Waals surface area contributed by atoms with Crippen molar-refractivity contribution < 1.29 is 4.79 Å². The van der Waals surface area contributed by atoms with Gasteiger partial charge in [0.15, 0.2) is 0 Å². The van der Waals surface area contributed by atoms with Crippen molar-refractivity contribution in [2.75, 3.05) is 0 Å². The molecule has 3 heteroatoms. The van der Waals surface area contributed by atoms with E-state index in [1.165, 1.54) is 16.7 Å². The summed E-state index contributed by atoms with van der Waals surface area (Å²) in [5, 5.41) is 3.14. The molecule has 0 unspecified atom stereocenters. The maximum absolute atomic E-state index is 12.4. The van der Waals surface area contributed by atoms with Crippen LogP contribution >= 0.6 is 0 Å². The van der Waals surface area contributed by atoms with Crippen molar-refractivity contribution in [3.05, 3.63) is 64.5 Å². The topological polar surface area (TPSA) is 42.0 Å². The average Bonchev–Trinajstić information content (AvgIpc) is 2.82. The lowest BCUT2D eigenvalue weighted by molar-refractivity contribution is 0.0935. The Balaban J connectivity index is 1.82. The van der Waals surface area contributed by atoms with Crippen molar-refractivity contribution in [1.29, 1.82) is 0 Å². The molecule has 1 aliphatic rings. The monoisotopic (exact) mass is 266 g/mol. The number of hydrogen-bond acceptors (Lipinski definition) is 2. The summed E-state index contributed by atoms with van der Waals surface area (Å²) in [6.07, 6.45) is 3.72. The summed E-state index contributed by atoms with van der Waals surface area (Å²) in [4.78, 5) is 16.5. The molecule has 0 bridgehead atoms. The molecule has 1 N–H and O–H groups in total. The fraction of sp³-hybridized carbons (Fsp3) is 0.294. The summed E-state index contributed by atoms with van der Waals surface area (Å²) in [6.45, 7) is 3.95. The summed E-state index contributed by atoms with van der Waals surface area (Å²) in [7, 11) is 0. The molecule has 0 fully saturated rings. The summed E-state index contributed by atoms with van der Waals surface area (Å²) >= 11 is 0. The van der Waals surface area contributed by atoms with Crippen LogP contribution in [0.5, 0.6) is 0 Å². The maximum atomic E-state index is 12.4. The quantitative estimate of drug-likeness (QED) is 0.907. The lowest BCUT2D eigenvalue weighted by atomic mass is 10.0. The van der Waals surface area contributed by atoms with E-state index in [2.05, 4.69) is 35.4 Å². The van der Waals surface area contributed by atoms with Gasteiger partial charge in [-0.15, -0.1) is 0 Å². The van der Waals surface area contributed by atoms with Gasteiger partial charge in [0, 0.05) is 11.9 Å². The van der Waals surface area contributed by atoms with E-state index in [1.54, 1.807) is 12.3 Å². The first kappa shape index (κ1) is 12.9. The SMILES string of the molecule is Cc1ccc2c(c1)[C@H](NC(=O)c1cccnc1C)CC2. The highest BCUT2D eigenvalue weighted by Crippen LogP contribution is 2.32. The van der Waals surface area contributed by atoms with Gasteiger partial charge in [0.25, 0.3) is 5.91 Å². The number of benzene rings is 1. The Morgan fingerprint density at radius 3 is 2.95 bits per heavy atom. The highest BCUT2D eigenvalue weighted by molar-refractivity contribution is 5.95. The number of nitrogens with zero attached hydrogens (tertiary/aromatic N) is 1. The molecule has 0 aliphatic heterocycles. The van der Waals surface area contributed by atoms with Gasteiger partial charge in [-0.2, -0.15) is 0 Å². The first-order valence-electron chi connectivity index (χ1n) is 6.97. The van der Waals surface area contributed by atoms with E-state index in [1.807, 2.05) is 13.0 Å². The van der Waals surface area contributed by atoms with Crippen LogP contribution in [0.25, 0.3) is 0 Å². The van der Waals surface area contributed by atoms with Crippen LogP contribution in [0.15, 0.2) is 36.5 Å². The molecule has 0 spiro atoms. The predicted octanol–water partition coefficient (Wildman–Crippen LogP) is 3.12. The van der Waals surface area contributed by atoms with E-state index >= 15 is 0 Å². The highest BCUT2D eigenvalue weighted by atomic mass is 16.1. The van der Waals surface area contributed by atoms with Crippen molar-refractivity contribution in [2.45, 2.75) is 32.7 Å². The lowest BCUT2D eigenvalue weighted by Crippen LogP contribution is -2.28. The van der Waals surface area contributed by atoms with Crippen molar-refractivity contribution in [1.82, 2.24) is 10.3 Å². The molecule has 102 valence electrons. The third-order valence-corrected chi connectivity index (χ3v) is 3.94. The van der Waals surface area contributed by atoms with Gasteiger partial charge in [0.05, 0.1) is 11.6 Å². The number of hydrogen-bond donors (Lipinski definition) is 1. The van der Waals surface area contributed by atoms with Crippen LogP contribution in [-0.2, 0) is 6.42 Å². The molecule has 1 amide bonds. The van der Waals surface area contributed by atoms with Crippen molar-refractivity contribution >= 4 is 5.91 Å². The van der Waals surface area contributed by atoms with Crippen LogP contribution in [0.3, 0.4) is 0 Å². The smallest absolute Gasteiger partial charge is 0.253 e. The maximum Gasteiger partial charge on any atom is 0.253 e. The highest BCUT2D eigenvalue weighted by Gasteiger charge is 2.24. The molecule has 1 atom stereocenters. The molecular weight excluding hydrogens is 248 g/mol. The number of carbonyl (C=O) groups excluding carboxylic acids is 1. The molecular formula is C17H18N2O. The number of amides is 1. The first-order valence-corrected chi connectivity index (χ1v) is 6.97. The minimum atomic E-state index is -0.0324. The van der Waals surface area contributed by atoms with E-state index < -0.39 is 0 Å². The van der Waals surface area contributed by atoms with Crippen LogP contribution in [0.2, 0.25) is 0 Å². The first-order chi connectivity index (χ1) is 9.65. The third kappa shape index (κ3) is 2.31. The Morgan fingerprint density at radius 1 is 1.30 bits per heavy atom. The second kappa shape index (κ2) is 5.08. The molecule has 3 rings (SSSR count). The molecule has 3 nitrogen and oxygen atoms in total. The molecule has 2 aromatic rings. The van der Waals surface area contributed by atoms with Gasteiger partial charge in [-0.3, -0.25) is 9.78 Å². The molecule has 1 heterocycles. The van der Waals surface area contributed by atoms with Crippen molar-refractivity contribution in [3.8, 4) is 0 Å². The summed E-state index contributed by atoms with van der Waals surface area (Å²) in [6, 6.07) is 10.2. The molecule has 0 radical (unpaired) electrons. The van der Waals surface area contributed by atoms with Gasteiger partial charge in [0.1, 0.15) is 0 Å². The summed E-state index contributed by atoms with van der Waals surface area (Å²) in [5.74, 6) is -0.0324. The molecule has 0 saturated heterocycles. The van der Waals surface area contributed by atoms with Gasteiger partial charge in [-0.05, 0) is 49.9 Å². The van der Waals surface area contributed by atoms with Gasteiger partial charge in [-0.25, -0.2) is 0 Å². The van der Waals surface area contributed by atoms with E-state index in [0.717, 1.165) is 18.5 Å². The zero-order chi connectivity index (χ0) is 14.1. The number of fused-ring (bicyclic) bond motifs is 1. The lowest BCUT2D eigenvalue weighted by Gasteiger charge is -2.15. The Morgan fingerprint density at radius 2 is 2.15 bits per heavy atom. The molecule has 1 aromatic heterocycles. The second-order valence-corrected chi connectivity index (χ2v) is 5.40. The fourth-order valence-electron chi connectivity index (χ4n) is 2.83. The fourth-order valence-corrected chi connectivity index (χ4v) is 2.83. The van der Waals surface area contributed by atoms with Gasteiger partial charge < -0.3 is 5.32 Å². The largest absolute Gasteiger partial charge is 0.345 e. The van der Waals surface area contributed by atoms with E-state index in [-0.39, 0.29) is 11.9 Å². The second-order valence-electron chi connectivity index (χ2n) is 5.40. The number of rotatable bonds is 2. The summed E-state index contributed by atoms with van der Waals surface area (Å²) < 4.78 is 0. The Bertz CT molecular complexity index is 664. The minimum Gasteiger partial charge on any atom is -0.345 e. The van der Waals surface area contributed by atoms with Crippen LogP contribution in [-0.4, -0.2) is 10.9 Å².